The Hall–Kier alpha value is -2.75. The molecule has 1 saturated heterocycles. The summed E-state index contributed by atoms with van der Waals surface area (Å²) in [5.74, 6) is 1.70. The molecular weight excluding hydrogens is 723 g/mol. The Kier molecular flexibility index (Phi) is 10.5. The minimum atomic E-state index is -4.56. The van der Waals surface area contributed by atoms with Crippen LogP contribution in [0.4, 0.5) is 19.0 Å². The third kappa shape index (κ3) is 8.14. The Balaban J connectivity index is 1.03. The highest BCUT2D eigenvalue weighted by atomic mass is 35.5. The molecule has 290 valence electrons. The quantitative estimate of drug-likeness (QED) is 0.107. The van der Waals surface area contributed by atoms with Gasteiger partial charge in [0.1, 0.15) is 36.5 Å². The molecule has 4 atom stereocenters. The highest BCUT2D eigenvalue weighted by molar-refractivity contribution is 6.76. The Labute approximate surface area is 315 Å². The molecule has 0 spiro atoms. The molecule has 4 heterocycles. The van der Waals surface area contributed by atoms with Crippen molar-refractivity contribution in [1.29, 1.82) is 0 Å². The summed E-state index contributed by atoms with van der Waals surface area (Å²) in [7, 11) is -1.31. The molecule has 3 aromatic heterocycles. The Bertz CT molecular complexity index is 1940. The van der Waals surface area contributed by atoms with Crippen LogP contribution in [0.3, 0.4) is 0 Å². The van der Waals surface area contributed by atoms with E-state index in [4.69, 9.17) is 36.5 Å². The molecule has 53 heavy (non-hydrogen) atoms. The largest absolute Gasteiger partial charge is 0.417 e. The minimum absolute atomic E-state index is 0.0469. The summed E-state index contributed by atoms with van der Waals surface area (Å²) in [5.41, 5.74) is 6.99. The second-order valence-corrected chi connectivity index (χ2v) is 23.5. The SMILES string of the molecule is CC(C)N(CC1CC(Cc2nc3cc(C(F)(F)F)c(Cl)cc3n2COCC[Si](C)(C)C)C1)C[C@H]1CC(n2ccc3c(N)ncnc32)C2OC(C)(C)O[C@@H]21. The van der Waals surface area contributed by atoms with Gasteiger partial charge in [-0.2, -0.15) is 13.2 Å². The standard InChI is InChI=1S/C38H53ClF3N7O3Si/c1-22(2)47(19-25-15-31(34-33(25)51-37(3,4)52-34)48-9-8-26-35(43)44-20-45-36(26)48)18-24-12-23(13-24)14-32-46-29-16-27(38(40,41)42)28(39)17-30(29)49(32)21-50-10-11-53(5,6)7/h8-9,16-17,20,22-25,31,33-34H,10-15,18-19,21H2,1-7H3,(H2,43,44,45)/t23?,24?,25-,31?,33-,34?/m1/s1. The van der Waals surface area contributed by atoms with Crippen LogP contribution in [0.15, 0.2) is 30.7 Å². The number of nitrogens with zero attached hydrogens (tertiary/aromatic N) is 6. The fourth-order valence-electron chi connectivity index (χ4n) is 8.59. The molecule has 0 bridgehead atoms. The zero-order chi connectivity index (χ0) is 38.0. The average molecular weight is 776 g/mol. The number of nitrogen functional groups attached to an aromatic ring is 1. The molecule has 7 rings (SSSR count). The number of hydrogen-bond donors (Lipinski definition) is 1. The molecule has 3 fully saturated rings. The van der Waals surface area contributed by atoms with Crippen LogP contribution in [0.2, 0.25) is 30.7 Å². The van der Waals surface area contributed by atoms with E-state index in [1.54, 1.807) is 0 Å². The molecule has 2 aliphatic carbocycles. The van der Waals surface area contributed by atoms with Gasteiger partial charge < -0.3 is 34.0 Å². The van der Waals surface area contributed by atoms with Crippen molar-refractivity contribution in [3.8, 4) is 0 Å². The van der Waals surface area contributed by atoms with E-state index in [1.807, 2.05) is 30.7 Å². The highest BCUT2D eigenvalue weighted by Crippen LogP contribution is 2.48. The molecule has 2 N–H and O–H groups in total. The molecule has 15 heteroatoms. The van der Waals surface area contributed by atoms with Gasteiger partial charge in [0.2, 0.25) is 0 Å². The lowest BCUT2D eigenvalue weighted by molar-refractivity contribution is -0.161. The third-order valence-electron chi connectivity index (χ3n) is 11.4. The van der Waals surface area contributed by atoms with Crippen LogP contribution in [-0.4, -0.2) is 80.8 Å². The lowest BCUT2D eigenvalue weighted by atomic mass is 9.72. The monoisotopic (exact) mass is 775 g/mol. The van der Waals surface area contributed by atoms with E-state index in [1.165, 1.54) is 12.4 Å². The molecule has 0 radical (unpaired) electrons. The van der Waals surface area contributed by atoms with E-state index in [0.717, 1.165) is 61.3 Å². The number of benzene rings is 1. The molecule has 2 saturated carbocycles. The van der Waals surface area contributed by atoms with E-state index in [-0.39, 0.29) is 35.9 Å². The van der Waals surface area contributed by atoms with Gasteiger partial charge >= 0.3 is 6.18 Å². The summed E-state index contributed by atoms with van der Waals surface area (Å²) in [6.45, 7) is 18.0. The summed E-state index contributed by atoms with van der Waals surface area (Å²) in [5, 5.41) is 0.518. The Morgan fingerprint density at radius 2 is 1.81 bits per heavy atom. The Morgan fingerprint density at radius 1 is 1.08 bits per heavy atom. The maximum atomic E-state index is 13.7. The minimum Gasteiger partial charge on any atom is -0.383 e. The zero-order valence-corrected chi connectivity index (χ0v) is 33.5. The van der Waals surface area contributed by atoms with Crippen LogP contribution >= 0.6 is 11.6 Å². The van der Waals surface area contributed by atoms with E-state index >= 15 is 0 Å². The van der Waals surface area contributed by atoms with Gasteiger partial charge in [-0.3, -0.25) is 0 Å². The summed E-state index contributed by atoms with van der Waals surface area (Å²) in [6, 6.07) is 5.84. The van der Waals surface area contributed by atoms with Crippen LogP contribution in [0, 0.1) is 17.8 Å². The van der Waals surface area contributed by atoms with E-state index in [2.05, 4.69) is 52.9 Å². The van der Waals surface area contributed by atoms with E-state index in [9.17, 15) is 13.2 Å². The fourth-order valence-corrected chi connectivity index (χ4v) is 9.61. The number of rotatable bonds is 13. The number of anilines is 1. The summed E-state index contributed by atoms with van der Waals surface area (Å²) >= 11 is 6.17. The number of halogens is 4. The molecule has 1 aromatic carbocycles. The van der Waals surface area contributed by atoms with Crippen LogP contribution in [0.25, 0.3) is 22.1 Å². The second kappa shape index (κ2) is 14.4. The third-order valence-corrected chi connectivity index (χ3v) is 13.4. The van der Waals surface area contributed by atoms with Crippen molar-refractivity contribution in [2.45, 2.75) is 122 Å². The van der Waals surface area contributed by atoms with Crippen LogP contribution in [0.5, 0.6) is 0 Å². The molecule has 10 nitrogen and oxygen atoms in total. The van der Waals surface area contributed by atoms with Gasteiger partial charge in [-0.1, -0.05) is 31.2 Å². The molecular formula is C38H53ClF3N7O3Si. The number of nitrogens with two attached hydrogens (primary N) is 1. The average Bonchev–Trinajstić information content (AvgIpc) is 3.77. The summed E-state index contributed by atoms with van der Waals surface area (Å²) in [6.07, 6.45) is 2.47. The maximum Gasteiger partial charge on any atom is 0.417 e. The lowest BCUT2D eigenvalue weighted by Gasteiger charge is -2.41. The smallest absolute Gasteiger partial charge is 0.383 e. The van der Waals surface area contributed by atoms with E-state index < -0.39 is 25.6 Å². The van der Waals surface area contributed by atoms with Crippen LogP contribution < -0.4 is 5.73 Å². The first-order chi connectivity index (χ1) is 24.9. The number of aromatic nitrogens is 5. The lowest BCUT2D eigenvalue weighted by Crippen LogP contribution is -2.44. The van der Waals surface area contributed by atoms with Crippen molar-refractivity contribution in [3.63, 3.8) is 0 Å². The molecule has 3 aliphatic rings. The fraction of sp³-hybridized carbons (Fsp3) is 0.658. The predicted molar refractivity (Wildman–Crippen MR) is 203 cm³/mol. The topological polar surface area (TPSA) is 105 Å². The highest BCUT2D eigenvalue weighted by Gasteiger charge is 2.55. The number of ether oxygens (including phenoxy) is 3. The summed E-state index contributed by atoms with van der Waals surface area (Å²) < 4.78 is 64.5. The number of hydrogen-bond acceptors (Lipinski definition) is 8. The van der Waals surface area contributed by atoms with Crippen molar-refractivity contribution in [2.24, 2.45) is 17.8 Å². The van der Waals surface area contributed by atoms with Gasteiger partial charge in [-0.25, -0.2) is 15.0 Å². The Morgan fingerprint density at radius 3 is 2.51 bits per heavy atom. The van der Waals surface area contributed by atoms with Crippen molar-refractivity contribution < 1.29 is 27.4 Å². The van der Waals surface area contributed by atoms with Gasteiger partial charge in [-0.15, -0.1) is 0 Å². The number of fused-ring (bicyclic) bond motifs is 3. The summed E-state index contributed by atoms with van der Waals surface area (Å²) in [4.78, 5) is 16.1. The number of imidazole rings is 1. The van der Waals surface area contributed by atoms with Crippen LogP contribution in [0.1, 0.15) is 64.4 Å². The first-order valence-electron chi connectivity index (χ1n) is 18.9. The second-order valence-electron chi connectivity index (χ2n) is 17.4. The van der Waals surface area contributed by atoms with Crippen LogP contribution in [-0.2, 0) is 33.5 Å². The van der Waals surface area contributed by atoms with Crippen molar-refractivity contribution in [3.05, 3.63) is 47.1 Å². The van der Waals surface area contributed by atoms with Gasteiger partial charge in [-0.05, 0) is 83.0 Å². The van der Waals surface area contributed by atoms with E-state index in [0.29, 0.717) is 47.8 Å². The first-order valence-corrected chi connectivity index (χ1v) is 23.0. The predicted octanol–water partition coefficient (Wildman–Crippen LogP) is 8.41. The van der Waals surface area contributed by atoms with Crippen molar-refractivity contribution >= 4 is 47.6 Å². The zero-order valence-electron chi connectivity index (χ0n) is 31.8. The van der Waals surface area contributed by atoms with Gasteiger partial charge in [0, 0.05) is 52.3 Å². The molecule has 4 aromatic rings. The van der Waals surface area contributed by atoms with Crippen molar-refractivity contribution in [2.75, 3.05) is 25.4 Å². The molecule has 0 amide bonds. The first kappa shape index (κ1) is 38.5. The van der Waals surface area contributed by atoms with Gasteiger partial charge in [0.05, 0.1) is 39.2 Å². The maximum absolute atomic E-state index is 13.7. The van der Waals surface area contributed by atoms with Crippen molar-refractivity contribution in [1.82, 2.24) is 29.0 Å². The number of alkyl halides is 3. The normalized spacial score (nSPS) is 26.0. The molecule has 2 unspecified atom stereocenters. The van der Waals surface area contributed by atoms with Gasteiger partial charge in [0.25, 0.3) is 0 Å². The molecule has 1 aliphatic heterocycles. The van der Waals surface area contributed by atoms with Gasteiger partial charge in [0.15, 0.2) is 5.79 Å².